The molecule has 1 heterocycles. The molecule has 0 bridgehead atoms. The van der Waals surface area contributed by atoms with Crippen LogP contribution in [0.25, 0.3) is 11.1 Å². The summed E-state index contributed by atoms with van der Waals surface area (Å²) in [5.41, 5.74) is 6.54. The van der Waals surface area contributed by atoms with E-state index < -0.39 is 0 Å². The van der Waals surface area contributed by atoms with Crippen molar-refractivity contribution in [1.82, 2.24) is 5.16 Å². The topological polar surface area (TPSA) is 58.3 Å². The van der Waals surface area contributed by atoms with Crippen LogP contribution >= 0.6 is 11.9 Å². The molecule has 4 nitrogen and oxygen atoms in total. The highest BCUT2D eigenvalue weighted by Gasteiger charge is 2.13. The van der Waals surface area contributed by atoms with E-state index in [-0.39, 0.29) is 6.61 Å². The van der Waals surface area contributed by atoms with Gasteiger partial charge in [-0.15, -0.1) is 0 Å². The zero-order valence-electron chi connectivity index (χ0n) is 14.7. The molecule has 3 aromatic rings. The van der Waals surface area contributed by atoms with Crippen LogP contribution in [0.4, 0.5) is 5.88 Å². The molecule has 0 amide bonds. The average molecular weight is 354 g/mol. The van der Waals surface area contributed by atoms with Gasteiger partial charge in [-0.25, -0.2) is 0 Å². The third kappa shape index (κ3) is 3.89. The summed E-state index contributed by atoms with van der Waals surface area (Å²) in [7, 11) is 0. The Labute approximate surface area is 152 Å². The van der Waals surface area contributed by atoms with E-state index in [2.05, 4.69) is 47.1 Å². The number of hydrogen-bond acceptors (Lipinski definition) is 5. The van der Waals surface area contributed by atoms with Crippen LogP contribution in [0.5, 0.6) is 0 Å². The van der Waals surface area contributed by atoms with Crippen molar-refractivity contribution < 1.29 is 9.63 Å². The van der Waals surface area contributed by atoms with E-state index in [0.717, 1.165) is 32.8 Å². The van der Waals surface area contributed by atoms with Gasteiger partial charge < -0.3 is 9.63 Å². The highest BCUT2D eigenvalue weighted by Crippen LogP contribution is 2.35. The minimum atomic E-state index is 0.139. The molecular formula is C20H22N2O2S. The number of nitrogens with zero attached hydrogens (tertiary/aromatic N) is 1. The smallest absolute Gasteiger partial charge is 0.237 e. The minimum absolute atomic E-state index is 0.139. The minimum Gasteiger partial charge on any atom is -0.396 e. The maximum Gasteiger partial charge on any atom is 0.237 e. The van der Waals surface area contributed by atoms with Crippen LogP contribution in [0, 0.1) is 20.8 Å². The average Bonchev–Trinajstić information content (AvgIpc) is 2.93. The molecule has 2 aromatic carbocycles. The lowest BCUT2D eigenvalue weighted by atomic mass is 9.96. The van der Waals surface area contributed by atoms with Gasteiger partial charge in [-0.3, -0.25) is 4.72 Å². The molecule has 2 N–H and O–H groups in total. The molecule has 0 atom stereocenters. The second-order valence-electron chi connectivity index (χ2n) is 6.06. The number of aliphatic hydroxyl groups excluding tert-OH is 1. The van der Waals surface area contributed by atoms with Crippen LogP contribution in [0.3, 0.4) is 0 Å². The van der Waals surface area contributed by atoms with Crippen LogP contribution in [-0.4, -0.2) is 16.9 Å². The number of nitrogens with one attached hydrogen (secondary N) is 1. The Bertz CT molecular complexity index is 874. The quantitative estimate of drug-likeness (QED) is 0.615. The van der Waals surface area contributed by atoms with Crippen molar-refractivity contribution in [1.29, 1.82) is 0 Å². The fourth-order valence-electron chi connectivity index (χ4n) is 2.70. The molecule has 0 saturated carbocycles. The zero-order chi connectivity index (χ0) is 17.8. The summed E-state index contributed by atoms with van der Waals surface area (Å²) in [6, 6.07) is 14.6. The lowest BCUT2D eigenvalue weighted by Gasteiger charge is -2.14. The molecule has 0 unspecified atom stereocenters. The first kappa shape index (κ1) is 17.6. The molecule has 0 saturated heterocycles. The Kier molecular flexibility index (Phi) is 5.46. The number of hydrogen-bond donors (Lipinski definition) is 2. The number of benzene rings is 2. The first-order chi connectivity index (χ1) is 12.1. The van der Waals surface area contributed by atoms with Gasteiger partial charge >= 0.3 is 0 Å². The van der Waals surface area contributed by atoms with Crippen LogP contribution in [0.15, 0.2) is 51.9 Å². The number of aryl methyl sites for hydroxylation is 2. The molecule has 25 heavy (non-hydrogen) atoms. The predicted molar refractivity (Wildman–Crippen MR) is 103 cm³/mol. The number of rotatable bonds is 6. The van der Waals surface area contributed by atoms with Crippen LogP contribution < -0.4 is 4.72 Å². The molecule has 0 fully saturated rings. The van der Waals surface area contributed by atoms with Crippen molar-refractivity contribution in [3.63, 3.8) is 0 Å². The standard InChI is InChI=1S/C20H22N2O2S/c1-13-8-9-17(16(12-13)10-11-23)18-6-4-5-7-19(18)25-22-20-14(2)15(3)21-24-20/h4-9,12,22-23H,10-11H2,1-3H3. The summed E-state index contributed by atoms with van der Waals surface area (Å²) in [4.78, 5) is 1.10. The summed E-state index contributed by atoms with van der Waals surface area (Å²) in [5, 5.41) is 13.4. The largest absolute Gasteiger partial charge is 0.396 e. The molecule has 0 aliphatic rings. The van der Waals surface area contributed by atoms with Gasteiger partial charge in [0.2, 0.25) is 5.88 Å². The number of aliphatic hydroxyl groups is 1. The molecular weight excluding hydrogens is 332 g/mol. The second-order valence-corrected chi connectivity index (χ2v) is 6.90. The highest BCUT2D eigenvalue weighted by atomic mass is 32.2. The van der Waals surface area contributed by atoms with Gasteiger partial charge in [0.25, 0.3) is 0 Å². The maximum absolute atomic E-state index is 9.40. The van der Waals surface area contributed by atoms with E-state index in [4.69, 9.17) is 4.52 Å². The molecule has 0 radical (unpaired) electrons. The van der Waals surface area contributed by atoms with Gasteiger partial charge in [-0.05, 0) is 61.9 Å². The van der Waals surface area contributed by atoms with E-state index in [0.29, 0.717) is 12.3 Å². The van der Waals surface area contributed by atoms with Crippen LogP contribution in [0.1, 0.15) is 22.4 Å². The van der Waals surface area contributed by atoms with Gasteiger partial charge in [0.05, 0.1) is 5.69 Å². The van der Waals surface area contributed by atoms with Gasteiger partial charge in [0, 0.05) is 17.1 Å². The fourth-order valence-corrected chi connectivity index (χ4v) is 3.53. The van der Waals surface area contributed by atoms with Crippen molar-refractivity contribution in [3.05, 3.63) is 64.8 Å². The van der Waals surface area contributed by atoms with Crippen LogP contribution in [0.2, 0.25) is 0 Å². The Morgan fingerprint density at radius 3 is 2.60 bits per heavy atom. The van der Waals surface area contributed by atoms with Crippen LogP contribution in [-0.2, 0) is 6.42 Å². The number of anilines is 1. The molecule has 1 aromatic heterocycles. The van der Waals surface area contributed by atoms with Crippen molar-refractivity contribution in [3.8, 4) is 11.1 Å². The summed E-state index contributed by atoms with van der Waals surface area (Å²) >= 11 is 1.51. The Balaban J connectivity index is 1.92. The van der Waals surface area contributed by atoms with Gasteiger partial charge in [0.1, 0.15) is 0 Å². The van der Waals surface area contributed by atoms with Crippen molar-refractivity contribution >= 4 is 17.8 Å². The molecule has 0 aliphatic carbocycles. The second kappa shape index (κ2) is 7.76. The fraction of sp³-hybridized carbons (Fsp3) is 0.250. The lowest BCUT2D eigenvalue weighted by molar-refractivity contribution is 0.300. The molecule has 0 spiro atoms. The van der Waals surface area contributed by atoms with Crippen molar-refractivity contribution in [2.45, 2.75) is 32.1 Å². The Hall–Kier alpha value is -2.24. The van der Waals surface area contributed by atoms with E-state index >= 15 is 0 Å². The van der Waals surface area contributed by atoms with Gasteiger partial charge in [-0.1, -0.05) is 47.1 Å². The Morgan fingerprint density at radius 2 is 1.88 bits per heavy atom. The molecule has 0 aliphatic heterocycles. The van der Waals surface area contributed by atoms with Gasteiger partial charge in [-0.2, -0.15) is 0 Å². The highest BCUT2D eigenvalue weighted by molar-refractivity contribution is 8.00. The summed E-state index contributed by atoms with van der Waals surface area (Å²) in [6.07, 6.45) is 0.643. The lowest BCUT2D eigenvalue weighted by Crippen LogP contribution is -1.97. The maximum atomic E-state index is 9.40. The normalized spacial score (nSPS) is 10.9. The summed E-state index contributed by atoms with van der Waals surface area (Å²) in [6.45, 7) is 6.12. The van der Waals surface area contributed by atoms with E-state index in [1.807, 2.05) is 26.0 Å². The van der Waals surface area contributed by atoms with Gasteiger partial charge in [0.15, 0.2) is 0 Å². The number of aromatic nitrogens is 1. The van der Waals surface area contributed by atoms with E-state index in [9.17, 15) is 5.11 Å². The third-order valence-electron chi connectivity index (χ3n) is 4.23. The molecule has 130 valence electrons. The Morgan fingerprint density at radius 1 is 1.08 bits per heavy atom. The molecule has 3 rings (SSSR count). The summed E-state index contributed by atoms with van der Waals surface area (Å²) in [5.74, 6) is 0.678. The first-order valence-corrected chi connectivity index (χ1v) is 9.07. The zero-order valence-corrected chi connectivity index (χ0v) is 15.5. The third-order valence-corrected chi connectivity index (χ3v) is 5.09. The SMILES string of the molecule is Cc1ccc(-c2ccccc2SNc2onc(C)c2C)c(CCO)c1. The first-order valence-electron chi connectivity index (χ1n) is 8.25. The van der Waals surface area contributed by atoms with E-state index in [1.54, 1.807) is 0 Å². The van der Waals surface area contributed by atoms with Crippen molar-refractivity contribution in [2.24, 2.45) is 0 Å². The van der Waals surface area contributed by atoms with Crippen molar-refractivity contribution in [2.75, 3.05) is 11.3 Å². The monoisotopic (exact) mass is 354 g/mol. The van der Waals surface area contributed by atoms with E-state index in [1.165, 1.54) is 17.5 Å². The predicted octanol–water partition coefficient (Wildman–Crippen LogP) is 4.92. The summed E-state index contributed by atoms with van der Waals surface area (Å²) < 4.78 is 8.59. The molecule has 5 heteroatoms.